The zero-order valence-electron chi connectivity index (χ0n) is 14.9. The summed E-state index contributed by atoms with van der Waals surface area (Å²) in [6.07, 6.45) is 3.08. The molecule has 2 aromatic rings. The second-order valence-electron chi connectivity index (χ2n) is 7.51. The second kappa shape index (κ2) is 5.88. The Morgan fingerprint density at radius 2 is 1.61 bits per heavy atom. The summed E-state index contributed by atoms with van der Waals surface area (Å²) in [5.41, 5.74) is 8.81. The zero-order chi connectivity index (χ0) is 16.6. The van der Waals surface area contributed by atoms with Gasteiger partial charge in [-0.15, -0.1) is 0 Å². The molecule has 1 heteroatoms. The number of rotatable bonds is 4. The Morgan fingerprint density at radius 3 is 2.22 bits per heavy atom. The average molecular weight is 305 g/mol. The number of aromatic nitrogens is 1. The molecule has 1 N–H and O–H groups in total. The fraction of sp³-hybridized carbons (Fsp3) is 0.364. The van der Waals surface area contributed by atoms with Crippen LogP contribution in [0.15, 0.2) is 65.4 Å². The fourth-order valence-corrected chi connectivity index (χ4v) is 4.20. The highest BCUT2D eigenvalue weighted by Crippen LogP contribution is 2.51. The van der Waals surface area contributed by atoms with Crippen LogP contribution < -0.4 is 0 Å². The number of H-pyrrole nitrogens is 1. The van der Waals surface area contributed by atoms with Gasteiger partial charge in [0, 0.05) is 17.8 Å². The molecule has 0 saturated heterocycles. The van der Waals surface area contributed by atoms with Crippen molar-refractivity contribution >= 4 is 5.57 Å². The maximum Gasteiger partial charge on any atom is 0.0152 e. The first-order valence-corrected chi connectivity index (χ1v) is 8.48. The van der Waals surface area contributed by atoms with E-state index in [2.05, 4.69) is 82.1 Å². The van der Waals surface area contributed by atoms with Crippen LogP contribution in [0.5, 0.6) is 0 Å². The highest BCUT2D eigenvalue weighted by Gasteiger charge is 2.39. The smallest absolute Gasteiger partial charge is 0.0152 e. The van der Waals surface area contributed by atoms with Gasteiger partial charge >= 0.3 is 0 Å². The van der Waals surface area contributed by atoms with Gasteiger partial charge in [0.1, 0.15) is 0 Å². The van der Waals surface area contributed by atoms with Gasteiger partial charge in [0.05, 0.1) is 0 Å². The van der Waals surface area contributed by atoms with Gasteiger partial charge in [0.15, 0.2) is 0 Å². The summed E-state index contributed by atoms with van der Waals surface area (Å²) in [6, 6.07) is 15.2. The van der Waals surface area contributed by atoms with E-state index in [4.69, 9.17) is 0 Å². The lowest BCUT2D eigenvalue weighted by Crippen LogP contribution is -2.28. The van der Waals surface area contributed by atoms with Gasteiger partial charge in [-0.2, -0.15) is 0 Å². The minimum Gasteiger partial charge on any atom is -0.365 e. The van der Waals surface area contributed by atoms with E-state index in [0.29, 0.717) is 5.92 Å². The van der Waals surface area contributed by atoms with Gasteiger partial charge in [0.2, 0.25) is 0 Å². The largest absolute Gasteiger partial charge is 0.365 e. The number of aromatic amines is 1. The van der Waals surface area contributed by atoms with Crippen molar-refractivity contribution in [1.29, 1.82) is 0 Å². The van der Waals surface area contributed by atoms with Crippen LogP contribution in [0.1, 0.15) is 45.9 Å². The van der Waals surface area contributed by atoms with Crippen LogP contribution in [0.3, 0.4) is 0 Å². The van der Waals surface area contributed by atoms with Gasteiger partial charge in [-0.05, 0) is 67.0 Å². The van der Waals surface area contributed by atoms with Crippen LogP contribution in [-0.2, 0) is 6.42 Å². The standard InChI is InChI=1S/C22H27N/c1-15-16(2)20(18-10-7-6-8-11-18)21(17(15)3)22(4,5)14-19-12-9-13-23-19/h6-13,21,23H,14H2,1-5H3. The molecule has 1 atom stereocenters. The molecule has 3 rings (SSSR count). The maximum atomic E-state index is 3.38. The zero-order valence-corrected chi connectivity index (χ0v) is 14.9. The molecule has 1 heterocycles. The molecular formula is C22H27N. The van der Waals surface area contributed by atoms with E-state index in [0.717, 1.165) is 6.42 Å². The van der Waals surface area contributed by atoms with Gasteiger partial charge in [0.25, 0.3) is 0 Å². The maximum absolute atomic E-state index is 3.38. The van der Waals surface area contributed by atoms with E-state index in [1.807, 2.05) is 6.20 Å². The minimum absolute atomic E-state index is 0.166. The monoisotopic (exact) mass is 305 g/mol. The number of hydrogen-bond acceptors (Lipinski definition) is 0. The molecule has 0 fully saturated rings. The van der Waals surface area contributed by atoms with Crippen LogP contribution in [0, 0.1) is 11.3 Å². The molecule has 1 aliphatic rings. The molecule has 1 aromatic carbocycles. The number of hydrogen-bond donors (Lipinski definition) is 1. The van der Waals surface area contributed by atoms with Crippen molar-refractivity contribution < 1.29 is 0 Å². The van der Waals surface area contributed by atoms with E-state index in [9.17, 15) is 0 Å². The predicted molar refractivity (Wildman–Crippen MR) is 99.2 cm³/mol. The summed E-state index contributed by atoms with van der Waals surface area (Å²) in [7, 11) is 0. The molecular weight excluding hydrogens is 278 g/mol. The molecule has 0 spiro atoms. The van der Waals surface area contributed by atoms with Crippen LogP contribution in [-0.4, -0.2) is 4.98 Å². The lowest BCUT2D eigenvalue weighted by atomic mass is 9.68. The average Bonchev–Trinajstić information content (AvgIpc) is 3.10. The fourth-order valence-electron chi connectivity index (χ4n) is 4.20. The van der Waals surface area contributed by atoms with Crippen molar-refractivity contribution in [3.8, 4) is 0 Å². The molecule has 0 radical (unpaired) electrons. The SMILES string of the molecule is CC1=C(C)C(C(C)(C)Cc2ccc[nH]2)C(c2ccccc2)=C1C. The highest BCUT2D eigenvalue weighted by atomic mass is 14.7. The molecule has 23 heavy (non-hydrogen) atoms. The number of allylic oxidation sites excluding steroid dienone is 4. The first-order valence-electron chi connectivity index (χ1n) is 8.48. The van der Waals surface area contributed by atoms with E-state index in [-0.39, 0.29) is 5.41 Å². The van der Waals surface area contributed by atoms with Gasteiger partial charge < -0.3 is 4.98 Å². The molecule has 1 unspecified atom stereocenters. The first-order chi connectivity index (χ1) is 10.9. The Balaban J connectivity index is 2.05. The Morgan fingerprint density at radius 1 is 0.913 bits per heavy atom. The Labute approximate surface area is 140 Å². The molecule has 1 aromatic heterocycles. The molecule has 0 amide bonds. The third kappa shape index (κ3) is 2.81. The van der Waals surface area contributed by atoms with Crippen molar-refractivity contribution in [2.45, 2.75) is 41.0 Å². The summed E-state index contributed by atoms with van der Waals surface area (Å²) in [5, 5.41) is 0. The van der Waals surface area contributed by atoms with Crippen LogP contribution >= 0.6 is 0 Å². The molecule has 0 aliphatic heterocycles. The van der Waals surface area contributed by atoms with E-state index >= 15 is 0 Å². The summed E-state index contributed by atoms with van der Waals surface area (Å²) in [5.74, 6) is 0.466. The molecule has 1 nitrogen and oxygen atoms in total. The molecule has 1 aliphatic carbocycles. The van der Waals surface area contributed by atoms with Crippen molar-refractivity contribution in [2.75, 3.05) is 0 Å². The van der Waals surface area contributed by atoms with E-state index in [1.54, 1.807) is 0 Å². The quantitative estimate of drug-likeness (QED) is 0.710. The van der Waals surface area contributed by atoms with Crippen molar-refractivity contribution in [3.63, 3.8) is 0 Å². The lowest BCUT2D eigenvalue weighted by molar-refractivity contribution is 0.297. The Hall–Kier alpha value is -2.02. The van der Waals surface area contributed by atoms with Gasteiger partial charge in [-0.3, -0.25) is 0 Å². The summed E-state index contributed by atoms with van der Waals surface area (Å²) in [6.45, 7) is 11.7. The van der Waals surface area contributed by atoms with Crippen LogP contribution in [0.4, 0.5) is 0 Å². The normalized spacial score (nSPS) is 18.9. The summed E-state index contributed by atoms with van der Waals surface area (Å²) < 4.78 is 0. The predicted octanol–water partition coefficient (Wildman–Crippen LogP) is 6.02. The third-order valence-electron chi connectivity index (χ3n) is 5.45. The highest BCUT2D eigenvalue weighted by molar-refractivity contribution is 5.80. The van der Waals surface area contributed by atoms with Crippen molar-refractivity contribution in [2.24, 2.45) is 11.3 Å². The van der Waals surface area contributed by atoms with E-state index in [1.165, 1.54) is 33.5 Å². The van der Waals surface area contributed by atoms with Crippen molar-refractivity contribution in [3.05, 3.63) is 76.6 Å². The molecule has 0 saturated carbocycles. The number of benzene rings is 1. The van der Waals surface area contributed by atoms with Crippen LogP contribution in [0.25, 0.3) is 5.57 Å². The molecule has 0 bridgehead atoms. The minimum atomic E-state index is 0.166. The Bertz CT molecular complexity index is 743. The van der Waals surface area contributed by atoms with Gasteiger partial charge in [-0.25, -0.2) is 0 Å². The van der Waals surface area contributed by atoms with Crippen molar-refractivity contribution in [1.82, 2.24) is 4.98 Å². The topological polar surface area (TPSA) is 15.8 Å². The lowest BCUT2D eigenvalue weighted by Gasteiger charge is -2.35. The second-order valence-corrected chi connectivity index (χ2v) is 7.51. The third-order valence-corrected chi connectivity index (χ3v) is 5.45. The Kier molecular flexibility index (Phi) is 4.06. The summed E-state index contributed by atoms with van der Waals surface area (Å²) in [4.78, 5) is 3.38. The van der Waals surface area contributed by atoms with Gasteiger partial charge in [-0.1, -0.05) is 49.8 Å². The number of nitrogens with one attached hydrogen (secondary N) is 1. The van der Waals surface area contributed by atoms with E-state index < -0.39 is 0 Å². The first kappa shape index (κ1) is 15.9. The van der Waals surface area contributed by atoms with Crippen LogP contribution in [0.2, 0.25) is 0 Å². The summed E-state index contributed by atoms with van der Waals surface area (Å²) >= 11 is 0. The molecule has 120 valence electrons.